The molecule has 0 unspecified atom stereocenters. The average molecular weight is 265 g/mol. The van der Waals surface area contributed by atoms with Gasteiger partial charge in [-0.15, -0.1) is 0 Å². The Bertz CT molecular complexity index is 67.2. The number of rotatable bonds is 2. The Morgan fingerprint density at radius 1 is 1.33 bits per heavy atom. The topological polar surface area (TPSA) is 0 Å². The van der Waals surface area contributed by atoms with Crippen LogP contribution in [0.1, 0.15) is 29.0 Å². The van der Waals surface area contributed by atoms with Crippen LogP contribution in [-0.2, 0) is 0 Å². The van der Waals surface area contributed by atoms with Gasteiger partial charge in [-0.05, 0) is 6.42 Å². The van der Waals surface area contributed by atoms with E-state index in [1.54, 1.807) is 6.92 Å². The molecule has 0 aromatic rings. The fourth-order valence-electron chi connectivity index (χ4n) is 0.377. The molecule has 0 rings (SSSR count). The van der Waals surface area contributed by atoms with Crippen LogP contribution in [0.2, 0.25) is 0 Å². The summed E-state index contributed by atoms with van der Waals surface area (Å²) in [5.41, 5.74) is 0. The van der Waals surface area contributed by atoms with Crippen molar-refractivity contribution in [2.45, 2.75) is 32.4 Å². The molecular formula is C5H11BaF3. The first-order valence-corrected chi connectivity index (χ1v) is 2.63. The van der Waals surface area contributed by atoms with E-state index in [2.05, 4.69) is 0 Å². The molecule has 0 saturated carbocycles. The first-order valence-electron chi connectivity index (χ1n) is 2.63. The van der Waals surface area contributed by atoms with E-state index in [1.165, 1.54) is 0 Å². The fourth-order valence-corrected chi connectivity index (χ4v) is 0.377. The van der Waals surface area contributed by atoms with Crippen molar-refractivity contribution in [3.05, 3.63) is 0 Å². The van der Waals surface area contributed by atoms with Gasteiger partial charge in [-0.2, -0.15) is 13.2 Å². The Morgan fingerprint density at radius 2 is 1.78 bits per heavy atom. The van der Waals surface area contributed by atoms with E-state index in [0.717, 1.165) is 0 Å². The molecular weight excluding hydrogens is 254 g/mol. The number of unbranched alkanes of at least 4 members (excludes halogenated alkanes) is 1. The van der Waals surface area contributed by atoms with Crippen molar-refractivity contribution in [1.82, 2.24) is 0 Å². The second kappa shape index (κ2) is 6.10. The molecule has 0 saturated heterocycles. The molecule has 0 bridgehead atoms. The van der Waals surface area contributed by atoms with Crippen LogP contribution < -0.4 is 0 Å². The van der Waals surface area contributed by atoms with E-state index >= 15 is 0 Å². The summed E-state index contributed by atoms with van der Waals surface area (Å²) in [6.45, 7) is 1.74. The summed E-state index contributed by atoms with van der Waals surface area (Å²) in [6.07, 6.45) is -3.72. The smallest absolute Gasteiger partial charge is 1.00 e. The molecule has 0 spiro atoms. The van der Waals surface area contributed by atoms with Gasteiger partial charge in [0, 0.05) is 6.42 Å². The third-order valence-corrected chi connectivity index (χ3v) is 0.814. The molecule has 0 N–H and O–H groups in total. The third kappa shape index (κ3) is 12.5. The summed E-state index contributed by atoms with van der Waals surface area (Å²) in [6, 6.07) is 0. The minimum atomic E-state index is -3.95. The van der Waals surface area contributed by atoms with Gasteiger partial charge >= 0.3 is 55.1 Å². The molecule has 0 aliphatic carbocycles. The zero-order chi connectivity index (χ0) is 6.62. The molecule has 0 aromatic heterocycles. The van der Waals surface area contributed by atoms with Crippen molar-refractivity contribution < 1.29 is 16.0 Å². The average Bonchev–Trinajstić information content (AvgIpc) is 1.59. The van der Waals surface area contributed by atoms with E-state index in [-0.39, 0.29) is 58.2 Å². The van der Waals surface area contributed by atoms with Gasteiger partial charge in [0.05, 0.1) is 0 Å². The third-order valence-electron chi connectivity index (χ3n) is 0.814. The number of halogens is 3. The van der Waals surface area contributed by atoms with E-state index < -0.39 is 12.6 Å². The van der Waals surface area contributed by atoms with Crippen LogP contribution in [0.4, 0.5) is 13.2 Å². The molecule has 4 heteroatoms. The van der Waals surface area contributed by atoms with Crippen molar-refractivity contribution in [3.63, 3.8) is 0 Å². The van der Waals surface area contributed by atoms with Crippen molar-refractivity contribution in [3.8, 4) is 0 Å². The first kappa shape index (κ1) is 13.0. The van der Waals surface area contributed by atoms with Gasteiger partial charge in [0.1, 0.15) is 0 Å². The largest absolute Gasteiger partial charge is 2.00 e. The van der Waals surface area contributed by atoms with Crippen LogP contribution in [-0.4, -0.2) is 55.1 Å². The number of alkyl halides is 3. The van der Waals surface area contributed by atoms with E-state index in [4.69, 9.17) is 0 Å². The first-order chi connectivity index (χ1) is 3.56. The van der Waals surface area contributed by atoms with Crippen LogP contribution in [0, 0.1) is 0 Å². The monoisotopic (exact) mass is 266 g/mol. The summed E-state index contributed by atoms with van der Waals surface area (Å²) in [5, 5.41) is 0. The Labute approximate surface area is 96.2 Å². The maximum atomic E-state index is 11.2. The Balaban J connectivity index is -0.0000000817. The van der Waals surface area contributed by atoms with Crippen molar-refractivity contribution in [2.75, 3.05) is 0 Å². The van der Waals surface area contributed by atoms with Gasteiger partial charge in [-0.25, -0.2) is 0 Å². The molecule has 54 valence electrons. The number of hydrogen-bond acceptors (Lipinski definition) is 0. The molecule has 0 aromatic carbocycles. The van der Waals surface area contributed by atoms with E-state index in [0.29, 0.717) is 6.42 Å². The van der Waals surface area contributed by atoms with Gasteiger partial charge in [-0.1, -0.05) is 13.3 Å². The second-order valence-corrected chi connectivity index (χ2v) is 1.72. The van der Waals surface area contributed by atoms with Crippen molar-refractivity contribution >= 4 is 48.9 Å². The molecule has 0 nitrogen and oxygen atoms in total. The predicted octanol–water partition coefficient (Wildman–Crippen LogP) is 2.58. The normalized spacial score (nSPS) is 10.7. The molecule has 0 atom stereocenters. The summed E-state index contributed by atoms with van der Waals surface area (Å²) in [7, 11) is 0. The second-order valence-electron chi connectivity index (χ2n) is 1.72. The van der Waals surface area contributed by atoms with Crippen LogP contribution in [0.25, 0.3) is 0 Å². The van der Waals surface area contributed by atoms with Gasteiger partial charge in [0.15, 0.2) is 0 Å². The van der Waals surface area contributed by atoms with Crippen LogP contribution in [0.3, 0.4) is 0 Å². The fraction of sp³-hybridized carbons (Fsp3) is 1.00. The molecule has 0 fully saturated rings. The zero-order valence-corrected chi connectivity index (χ0v) is 9.90. The molecule has 0 amide bonds. The number of hydrogen-bond donors (Lipinski definition) is 0. The van der Waals surface area contributed by atoms with Crippen molar-refractivity contribution in [1.29, 1.82) is 0 Å². The standard InChI is InChI=1S/C5H9F3.Ba.2H/c1-2-3-4-5(6,7)8;;;/h2-4H2,1H3;;;/q;+2;2*-1. The summed E-state index contributed by atoms with van der Waals surface area (Å²) in [5.74, 6) is 0. The Morgan fingerprint density at radius 3 is 1.89 bits per heavy atom. The zero-order valence-electron chi connectivity index (χ0n) is 7.46. The van der Waals surface area contributed by atoms with E-state index in [9.17, 15) is 13.2 Å². The molecule has 0 heterocycles. The van der Waals surface area contributed by atoms with Crippen LogP contribution >= 0.6 is 0 Å². The van der Waals surface area contributed by atoms with Crippen LogP contribution in [0.5, 0.6) is 0 Å². The molecule has 9 heavy (non-hydrogen) atoms. The van der Waals surface area contributed by atoms with Gasteiger partial charge in [0.2, 0.25) is 0 Å². The van der Waals surface area contributed by atoms with Crippen molar-refractivity contribution in [2.24, 2.45) is 0 Å². The molecule has 0 radical (unpaired) electrons. The van der Waals surface area contributed by atoms with Gasteiger partial charge in [0.25, 0.3) is 0 Å². The minimum Gasteiger partial charge on any atom is -1.00 e. The molecule has 0 aliphatic rings. The minimum absolute atomic E-state index is 0. The molecule has 0 aliphatic heterocycles. The Kier molecular flexibility index (Phi) is 8.80. The maximum absolute atomic E-state index is 11.2. The van der Waals surface area contributed by atoms with Crippen LogP contribution in [0.15, 0.2) is 0 Å². The summed E-state index contributed by atoms with van der Waals surface area (Å²) in [4.78, 5) is 0. The Hall–Kier alpha value is 1.36. The predicted molar refractivity (Wildman–Crippen MR) is 33.6 cm³/mol. The van der Waals surface area contributed by atoms with Gasteiger partial charge < -0.3 is 2.85 Å². The quantitative estimate of drug-likeness (QED) is 0.673. The maximum Gasteiger partial charge on any atom is 2.00 e. The van der Waals surface area contributed by atoms with Gasteiger partial charge in [-0.3, -0.25) is 0 Å². The SMILES string of the molecule is CCCCC(F)(F)F.[Ba+2].[H-].[H-]. The summed E-state index contributed by atoms with van der Waals surface area (Å²) < 4.78 is 33.7. The summed E-state index contributed by atoms with van der Waals surface area (Å²) >= 11 is 0. The van der Waals surface area contributed by atoms with E-state index in [1.807, 2.05) is 0 Å².